The summed E-state index contributed by atoms with van der Waals surface area (Å²) < 4.78 is 27.2. The van der Waals surface area contributed by atoms with Crippen LogP contribution in [0.5, 0.6) is 0 Å². The Hall–Kier alpha value is -1.06. The average molecular weight is 433 g/mol. The van der Waals surface area contributed by atoms with Crippen LogP contribution < -0.4 is 5.32 Å². The van der Waals surface area contributed by atoms with Crippen LogP contribution in [0.3, 0.4) is 0 Å². The van der Waals surface area contributed by atoms with Gasteiger partial charge in [0.15, 0.2) is 0 Å². The van der Waals surface area contributed by atoms with E-state index in [0.717, 1.165) is 9.21 Å². The highest BCUT2D eigenvalue weighted by Gasteiger charge is 2.21. The van der Waals surface area contributed by atoms with Crippen molar-refractivity contribution in [1.29, 1.82) is 0 Å². The number of benzene rings is 1. The number of rotatable bonds is 9. The lowest BCUT2D eigenvalue weighted by Gasteiger charge is -2.18. The molecule has 9 heteroatoms. The summed E-state index contributed by atoms with van der Waals surface area (Å²) in [6.45, 7) is 4.40. The van der Waals surface area contributed by atoms with Crippen LogP contribution in [0.4, 0.5) is 5.69 Å². The molecule has 5 nitrogen and oxygen atoms in total. The molecule has 0 spiro atoms. The number of halogens is 1. The van der Waals surface area contributed by atoms with Crippen LogP contribution in [-0.2, 0) is 20.6 Å². The maximum Gasteiger partial charge on any atom is 0.243 e. The monoisotopic (exact) mass is 432 g/mol. The molecule has 142 valence electrons. The van der Waals surface area contributed by atoms with Crippen molar-refractivity contribution in [3.63, 3.8) is 0 Å². The van der Waals surface area contributed by atoms with Crippen LogP contribution in [0.2, 0.25) is 4.34 Å². The number of hydrogen-bond acceptors (Lipinski definition) is 5. The summed E-state index contributed by atoms with van der Waals surface area (Å²) in [5.41, 5.74) is 0.475. The number of nitrogens with one attached hydrogen (secondary N) is 1. The van der Waals surface area contributed by atoms with E-state index < -0.39 is 10.0 Å². The smallest absolute Gasteiger partial charge is 0.243 e. The molecule has 1 amide bonds. The van der Waals surface area contributed by atoms with Gasteiger partial charge in [0.1, 0.15) is 0 Å². The lowest BCUT2D eigenvalue weighted by molar-refractivity contribution is -0.113. The number of amides is 1. The van der Waals surface area contributed by atoms with Crippen molar-refractivity contribution in [2.24, 2.45) is 0 Å². The van der Waals surface area contributed by atoms with Crippen molar-refractivity contribution in [2.45, 2.75) is 24.5 Å². The standard InChI is InChI=1S/C17H21ClN2O3S3/c1-3-20(4-2)26(22,23)15-7-5-6-13(10-15)19-17(21)12-24-11-14-8-9-16(18)25-14/h5-10H,3-4,11-12H2,1-2H3,(H,19,21). The summed E-state index contributed by atoms with van der Waals surface area (Å²) >= 11 is 8.86. The van der Waals surface area contributed by atoms with Crippen molar-refractivity contribution < 1.29 is 13.2 Å². The van der Waals surface area contributed by atoms with Crippen LogP contribution in [0.25, 0.3) is 0 Å². The van der Waals surface area contributed by atoms with E-state index in [1.165, 1.54) is 33.5 Å². The van der Waals surface area contributed by atoms with Crippen LogP contribution in [-0.4, -0.2) is 37.5 Å². The molecule has 0 aliphatic heterocycles. The fourth-order valence-corrected chi connectivity index (χ4v) is 5.85. The zero-order chi connectivity index (χ0) is 19.2. The Morgan fingerprint density at radius 1 is 1.23 bits per heavy atom. The summed E-state index contributed by atoms with van der Waals surface area (Å²) in [6, 6.07) is 10.1. The quantitative estimate of drug-likeness (QED) is 0.641. The van der Waals surface area contributed by atoms with Crippen molar-refractivity contribution in [2.75, 3.05) is 24.2 Å². The molecule has 26 heavy (non-hydrogen) atoms. The number of anilines is 1. The zero-order valence-electron chi connectivity index (χ0n) is 14.6. The van der Waals surface area contributed by atoms with Gasteiger partial charge in [0.05, 0.1) is 15.0 Å². The third kappa shape index (κ3) is 5.72. The zero-order valence-corrected chi connectivity index (χ0v) is 17.8. The topological polar surface area (TPSA) is 66.5 Å². The number of thiophene rings is 1. The first kappa shape index (κ1) is 21.2. The summed E-state index contributed by atoms with van der Waals surface area (Å²) in [4.78, 5) is 13.4. The summed E-state index contributed by atoms with van der Waals surface area (Å²) in [6.07, 6.45) is 0. The molecule has 0 atom stereocenters. The van der Waals surface area contributed by atoms with Gasteiger partial charge in [-0.25, -0.2) is 8.42 Å². The minimum atomic E-state index is -3.54. The second kappa shape index (κ2) is 9.75. The van der Waals surface area contributed by atoms with Gasteiger partial charge in [-0.15, -0.1) is 23.1 Å². The highest BCUT2D eigenvalue weighted by Crippen LogP contribution is 2.25. The molecule has 0 saturated heterocycles. The molecular formula is C17H21ClN2O3S3. The van der Waals surface area contributed by atoms with Gasteiger partial charge < -0.3 is 5.32 Å². The fourth-order valence-electron chi connectivity index (χ4n) is 2.32. The number of thioether (sulfide) groups is 1. The molecule has 0 aliphatic rings. The van der Waals surface area contributed by atoms with Crippen LogP contribution >= 0.6 is 34.7 Å². The summed E-state index contributed by atoms with van der Waals surface area (Å²) in [7, 11) is -3.54. The molecule has 0 saturated carbocycles. The number of sulfonamides is 1. The Labute approximate surface area is 167 Å². The van der Waals surface area contributed by atoms with Gasteiger partial charge in [0.25, 0.3) is 0 Å². The molecule has 2 rings (SSSR count). The van der Waals surface area contributed by atoms with Crippen molar-refractivity contribution in [3.8, 4) is 0 Å². The number of nitrogens with zero attached hydrogens (tertiary/aromatic N) is 1. The van der Waals surface area contributed by atoms with E-state index >= 15 is 0 Å². The van der Waals surface area contributed by atoms with Gasteiger partial charge in [0.2, 0.25) is 15.9 Å². The van der Waals surface area contributed by atoms with E-state index in [2.05, 4.69) is 5.32 Å². The molecule has 2 aromatic rings. The molecule has 0 aliphatic carbocycles. The summed E-state index contributed by atoms with van der Waals surface area (Å²) in [5.74, 6) is 0.819. The fraction of sp³-hybridized carbons (Fsp3) is 0.353. The molecular weight excluding hydrogens is 412 g/mol. The van der Waals surface area contributed by atoms with Gasteiger partial charge in [-0.05, 0) is 30.3 Å². The van der Waals surface area contributed by atoms with E-state index in [0.29, 0.717) is 24.5 Å². The van der Waals surface area contributed by atoms with Crippen LogP contribution in [0, 0.1) is 0 Å². The molecule has 1 aromatic heterocycles. The Morgan fingerprint density at radius 2 is 1.96 bits per heavy atom. The Bertz CT molecular complexity index is 848. The van der Waals surface area contributed by atoms with Crippen LogP contribution in [0.15, 0.2) is 41.3 Å². The van der Waals surface area contributed by atoms with Gasteiger partial charge in [0, 0.05) is 29.4 Å². The molecule has 0 radical (unpaired) electrons. The first-order valence-electron chi connectivity index (χ1n) is 8.08. The normalized spacial score (nSPS) is 11.7. The second-order valence-electron chi connectivity index (χ2n) is 5.36. The van der Waals surface area contributed by atoms with Gasteiger partial charge in [-0.3, -0.25) is 4.79 Å². The van der Waals surface area contributed by atoms with Gasteiger partial charge in [-0.1, -0.05) is 31.5 Å². The van der Waals surface area contributed by atoms with E-state index in [1.54, 1.807) is 32.0 Å². The average Bonchev–Trinajstić information content (AvgIpc) is 3.01. The van der Waals surface area contributed by atoms with Crippen LogP contribution in [0.1, 0.15) is 18.7 Å². The molecule has 0 unspecified atom stereocenters. The molecule has 1 heterocycles. The first-order valence-corrected chi connectivity index (χ1v) is 11.9. The molecule has 0 bridgehead atoms. The molecule has 1 N–H and O–H groups in total. The minimum Gasteiger partial charge on any atom is -0.325 e. The minimum absolute atomic E-state index is 0.171. The third-order valence-electron chi connectivity index (χ3n) is 3.57. The number of carbonyl (C=O) groups is 1. The van der Waals surface area contributed by atoms with Crippen molar-refractivity contribution >= 4 is 56.3 Å². The third-order valence-corrected chi connectivity index (χ3v) is 8.01. The number of carbonyl (C=O) groups excluding carboxylic acids is 1. The molecule has 0 fully saturated rings. The second-order valence-corrected chi connectivity index (χ2v) is 10.1. The Kier molecular flexibility index (Phi) is 7.97. The summed E-state index contributed by atoms with van der Waals surface area (Å²) in [5, 5.41) is 2.76. The van der Waals surface area contributed by atoms with E-state index in [-0.39, 0.29) is 16.6 Å². The Balaban J connectivity index is 1.96. The van der Waals surface area contributed by atoms with E-state index in [4.69, 9.17) is 11.6 Å². The lowest BCUT2D eigenvalue weighted by atomic mass is 10.3. The van der Waals surface area contributed by atoms with Gasteiger partial charge >= 0.3 is 0 Å². The predicted octanol–water partition coefficient (Wildman–Crippen LogP) is 4.30. The first-order chi connectivity index (χ1) is 12.4. The number of hydrogen-bond donors (Lipinski definition) is 1. The van der Waals surface area contributed by atoms with Crippen molar-refractivity contribution in [3.05, 3.63) is 45.6 Å². The van der Waals surface area contributed by atoms with E-state index in [9.17, 15) is 13.2 Å². The van der Waals surface area contributed by atoms with Gasteiger partial charge in [-0.2, -0.15) is 4.31 Å². The molecule has 1 aromatic carbocycles. The lowest BCUT2D eigenvalue weighted by Crippen LogP contribution is -2.30. The highest BCUT2D eigenvalue weighted by molar-refractivity contribution is 7.99. The maximum atomic E-state index is 12.6. The van der Waals surface area contributed by atoms with Crippen molar-refractivity contribution in [1.82, 2.24) is 4.31 Å². The highest BCUT2D eigenvalue weighted by atomic mass is 35.5. The predicted molar refractivity (Wildman–Crippen MR) is 111 cm³/mol. The Morgan fingerprint density at radius 3 is 2.58 bits per heavy atom. The van der Waals surface area contributed by atoms with E-state index in [1.807, 2.05) is 12.1 Å². The maximum absolute atomic E-state index is 12.6. The SMILES string of the molecule is CCN(CC)S(=O)(=O)c1cccc(NC(=O)CSCc2ccc(Cl)s2)c1. The largest absolute Gasteiger partial charge is 0.325 e.